The lowest BCUT2D eigenvalue weighted by molar-refractivity contribution is 0.0660. The van der Waals surface area contributed by atoms with E-state index in [1.54, 1.807) is 12.3 Å². The molecular formula is C15H11NO4. The quantitative estimate of drug-likeness (QED) is 0.739. The van der Waals surface area contributed by atoms with Gasteiger partial charge in [0.05, 0.1) is 6.54 Å². The van der Waals surface area contributed by atoms with Crippen LogP contribution in [0.15, 0.2) is 47.0 Å². The maximum Gasteiger partial charge on any atom is 0.371 e. The number of carboxylic acid groups (broad SMARTS) is 1. The fraction of sp³-hybridized carbons (Fsp3) is 0.0667. The Hall–Kier alpha value is -2.82. The molecule has 2 heterocycles. The smallest absolute Gasteiger partial charge is 0.371 e. The van der Waals surface area contributed by atoms with Crippen LogP contribution in [-0.2, 0) is 6.54 Å². The molecule has 1 N–H and O–H groups in total. The number of carboxylic acids is 1. The van der Waals surface area contributed by atoms with E-state index in [0.29, 0.717) is 17.9 Å². The van der Waals surface area contributed by atoms with Crippen LogP contribution in [0, 0.1) is 0 Å². The summed E-state index contributed by atoms with van der Waals surface area (Å²) in [5.74, 6) is -0.658. The Labute approximate surface area is 114 Å². The average molecular weight is 269 g/mol. The predicted octanol–water partition coefficient (Wildman–Crippen LogP) is 2.79. The van der Waals surface area contributed by atoms with E-state index in [2.05, 4.69) is 0 Å². The molecule has 0 amide bonds. The molecule has 100 valence electrons. The third-order valence-electron chi connectivity index (χ3n) is 3.14. The third kappa shape index (κ3) is 1.99. The Morgan fingerprint density at radius 1 is 1.25 bits per heavy atom. The summed E-state index contributed by atoms with van der Waals surface area (Å²) >= 11 is 0. The highest BCUT2D eigenvalue weighted by atomic mass is 16.4. The van der Waals surface area contributed by atoms with Gasteiger partial charge in [0.25, 0.3) is 0 Å². The average Bonchev–Trinajstić information content (AvgIpc) is 3.05. The number of aldehydes is 1. The van der Waals surface area contributed by atoms with Crippen LogP contribution in [0.1, 0.15) is 26.7 Å². The first-order chi connectivity index (χ1) is 9.69. The van der Waals surface area contributed by atoms with Crippen LogP contribution in [0.2, 0.25) is 0 Å². The van der Waals surface area contributed by atoms with Crippen molar-refractivity contribution in [1.29, 1.82) is 0 Å². The minimum atomic E-state index is -1.10. The number of aromatic carboxylic acids is 1. The molecule has 0 spiro atoms. The summed E-state index contributed by atoms with van der Waals surface area (Å²) in [4.78, 5) is 21.8. The van der Waals surface area contributed by atoms with E-state index >= 15 is 0 Å². The normalized spacial score (nSPS) is 10.8. The molecule has 0 aliphatic carbocycles. The number of para-hydroxylation sites is 1. The van der Waals surface area contributed by atoms with Crippen molar-refractivity contribution in [2.75, 3.05) is 0 Å². The number of benzene rings is 1. The first kappa shape index (κ1) is 12.2. The van der Waals surface area contributed by atoms with Gasteiger partial charge in [-0.05, 0) is 18.2 Å². The number of aromatic nitrogens is 1. The molecule has 5 heteroatoms. The summed E-state index contributed by atoms with van der Waals surface area (Å²) in [7, 11) is 0. The Morgan fingerprint density at radius 2 is 2.05 bits per heavy atom. The molecule has 0 unspecified atom stereocenters. The molecule has 5 nitrogen and oxygen atoms in total. The van der Waals surface area contributed by atoms with Gasteiger partial charge in [0.15, 0.2) is 6.29 Å². The largest absolute Gasteiger partial charge is 0.475 e. The molecule has 0 fully saturated rings. The topological polar surface area (TPSA) is 72.4 Å². The molecule has 0 saturated carbocycles. The molecule has 1 aromatic carbocycles. The van der Waals surface area contributed by atoms with E-state index in [0.717, 1.165) is 17.2 Å². The molecule has 0 aliphatic heterocycles. The van der Waals surface area contributed by atoms with E-state index in [1.807, 2.05) is 28.8 Å². The number of hydrogen-bond acceptors (Lipinski definition) is 3. The van der Waals surface area contributed by atoms with Crippen LogP contribution in [0.3, 0.4) is 0 Å². The highest BCUT2D eigenvalue weighted by molar-refractivity contribution is 5.97. The number of furan rings is 1. The van der Waals surface area contributed by atoms with Crippen LogP contribution in [0.4, 0.5) is 0 Å². The van der Waals surface area contributed by atoms with Crippen molar-refractivity contribution in [3.8, 4) is 0 Å². The van der Waals surface area contributed by atoms with Gasteiger partial charge in [-0.25, -0.2) is 4.79 Å². The van der Waals surface area contributed by atoms with E-state index in [-0.39, 0.29) is 5.76 Å². The minimum Gasteiger partial charge on any atom is -0.475 e. The number of carbonyl (C=O) groups is 2. The van der Waals surface area contributed by atoms with E-state index in [4.69, 9.17) is 9.52 Å². The first-order valence-electron chi connectivity index (χ1n) is 6.04. The first-order valence-corrected chi connectivity index (χ1v) is 6.04. The lowest BCUT2D eigenvalue weighted by Gasteiger charge is -2.02. The van der Waals surface area contributed by atoms with Crippen molar-refractivity contribution in [2.45, 2.75) is 6.54 Å². The van der Waals surface area contributed by atoms with Crippen LogP contribution < -0.4 is 0 Å². The molecule has 3 aromatic rings. The van der Waals surface area contributed by atoms with Gasteiger partial charge in [-0.3, -0.25) is 4.79 Å². The van der Waals surface area contributed by atoms with Crippen molar-refractivity contribution in [3.05, 3.63) is 59.7 Å². The summed E-state index contributed by atoms with van der Waals surface area (Å²) in [5, 5.41) is 9.70. The Bertz CT molecular complexity index is 797. The monoisotopic (exact) mass is 269 g/mol. The molecular weight excluding hydrogens is 258 g/mol. The zero-order chi connectivity index (χ0) is 14.1. The van der Waals surface area contributed by atoms with Crippen molar-refractivity contribution < 1.29 is 19.1 Å². The second-order valence-electron chi connectivity index (χ2n) is 4.42. The summed E-state index contributed by atoms with van der Waals surface area (Å²) in [6.45, 7) is 0.377. The van der Waals surface area contributed by atoms with Gasteiger partial charge in [0.1, 0.15) is 5.76 Å². The molecule has 0 radical (unpaired) electrons. The number of rotatable bonds is 4. The van der Waals surface area contributed by atoms with Gasteiger partial charge in [-0.1, -0.05) is 18.2 Å². The number of carbonyl (C=O) groups excluding carboxylic acids is 1. The molecule has 0 saturated heterocycles. The van der Waals surface area contributed by atoms with E-state index in [1.165, 1.54) is 6.07 Å². The van der Waals surface area contributed by atoms with Gasteiger partial charge in [-0.15, -0.1) is 0 Å². The van der Waals surface area contributed by atoms with Crippen LogP contribution >= 0.6 is 0 Å². The van der Waals surface area contributed by atoms with Crippen molar-refractivity contribution >= 4 is 23.2 Å². The Balaban J connectivity index is 2.01. The maximum absolute atomic E-state index is 11.1. The lowest BCUT2D eigenvalue weighted by Crippen LogP contribution is -1.97. The second-order valence-corrected chi connectivity index (χ2v) is 4.42. The lowest BCUT2D eigenvalue weighted by atomic mass is 10.2. The van der Waals surface area contributed by atoms with Crippen molar-refractivity contribution in [1.82, 2.24) is 4.57 Å². The fourth-order valence-electron chi connectivity index (χ4n) is 2.25. The van der Waals surface area contributed by atoms with Crippen LogP contribution in [0.25, 0.3) is 10.9 Å². The molecule has 2 aromatic heterocycles. The van der Waals surface area contributed by atoms with Crippen molar-refractivity contribution in [2.24, 2.45) is 0 Å². The fourth-order valence-corrected chi connectivity index (χ4v) is 2.25. The summed E-state index contributed by atoms with van der Waals surface area (Å²) < 4.78 is 7.10. The van der Waals surface area contributed by atoms with Gasteiger partial charge in [0.2, 0.25) is 5.76 Å². The van der Waals surface area contributed by atoms with Crippen LogP contribution in [-0.4, -0.2) is 21.9 Å². The number of hydrogen-bond donors (Lipinski definition) is 1. The highest BCUT2D eigenvalue weighted by Crippen LogP contribution is 2.21. The maximum atomic E-state index is 11.1. The van der Waals surface area contributed by atoms with E-state index < -0.39 is 5.97 Å². The van der Waals surface area contributed by atoms with Gasteiger partial charge < -0.3 is 14.1 Å². The molecule has 0 aliphatic rings. The predicted molar refractivity (Wildman–Crippen MR) is 72.1 cm³/mol. The summed E-state index contributed by atoms with van der Waals surface area (Å²) in [6.07, 6.45) is 2.55. The van der Waals surface area contributed by atoms with Gasteiger partial charge in [-0.2, -0.15) is 0 Å². The van der Waals surface area contributed by atoms with Gasteiger partial charge >= 0.3 is 5.97 Å². The zero-order valence-electron chi connectivity index (χ0n) is 10.4. The second kappa shape index (κ2) is 4.70. The Morgan fingerprint density at radius 3 is 2.75 bits per heavy atom. The van der Waals surface area contributed by atoms with E-state index in [9.17, 15) is 9.59 Å². The molecule has 0 atom stereocenters. The zero-order valence-corrected chi connectivity index (χ0v) is 10.4. The summed E-state index contributed by atoms with van der Waals surface area (Å²) in [5.41, 5.74) is 1.51. The minimum absolute atomic E-state index is 0.0907. The Kier molecular flexibility index (Phi) is 2.87. The highest BCUT2D eigenvalue weighted by Gasteiger charge is 2.12. The van der Waals surface area contributed by atoms with Crippen LogP contribution in [0.5, 0.6) is 0 Å². The SMILES string of the molecule is O=Cc1cn(Cc2ccc(C(=O)O)o2)c2ccccc12. The van der Waals surface area contributed by atoms with Crippen molar-refractivity contribution in [3.63, 3.8) is 0 Å². The number of nitrogens with zero attached hydrogens (tertiary/aromatic N) is 1. The third-order valence-corrected chi connectivity index (χ3v) is 3.14. The number of fused-ring (bicyclic) bond motifs is 1. The molecule has 20 heavy (non-hydrogen) atoms. The molecule has 3 rings (SSSR count). The standard InChI is InChI=1S/C15H11NO4/c17-9-10-7-16(13-4-2-1-3-12(10)13)8-11-5-6-14(20-11)15(18)19/h1-7,9H,8H2,(H,18,19). The summed E-state index contributed by atoms with van der Waals surface area (Å²) in [6, 6.07) is 10.6. The van der Waals surface area contributed by atoms with Gasteiger partial charge in [0, 0.05) is 22.7 Å². The molecule has 0 bridgehead atoms.